The Labute approximate surface area is 187 Å². The summed E-state index contributed by atoms with van der Waals surface area (Å²) in [4.78, 5) is 0. The third-order valence-corrected chi connectivity index (χ3v) is 5.16. The predicted octanol–water partition coefficient (Wildman–Crippen LogP) is 6.00. The summed E-state index contributed by atoms with van der Waals surface area (Å²) in [7, 11) is 0. The molecule has 0 aliphatic heterocycles. The second kappa shape index (κ2) is 9.31. The van der Waals surface area contributed by atoms with Crippen molar-refractivity contribution in [2.24, 2.45) is 10.2 Å². The van der Waals surface area contributed by atoms with E-state index in [4.69, 9.17) is 0 Å². The Bertz CT molecular complexity index is 1190. The largest absolute Gasteiger partial charge is 0.507 e. The highest BCUT2D eigenvalue weighted by atomic mass is 16.3. The maximum atomic E-state index is 10.6. The average molecular weight is 421 g/mol. The Morgan fingerprint density at radius 1 is 0.531 bits per heavy atom. The SMILES string of the molecule is Cc1ccc(C(=NN=C(c2ccccc2)c2ccc(C)cc2O)c2ccccc2)c(O)c1. The first kappa shape index (κ1) is 21.1. The van der Waals surface area contributed by atoms with Gasteiger partial charge in [0.2, 0.25) is 0 Å². The highest BCUT2D eigenvalue weighted by Crippen LogP contribution is 2.25. The fourth-order valence-electron chi connectivity index (χ4n) is 3.51. The lowest BCUT2D eigenvalue weighted by atomic mass is 10.00. The van der Waals surface area contributed by atoms with Crippen LogP contribution in [0.25, 0.3) is 0 Å². The fraction of sp³-hybridized carbons (Fsp3) is 0.0714. The summed E-state index contributed by atoms with van der Waals surface area (Å²) in [6.45, 7) is 3.85. The first-order chi connectivity index (χ1) is 15.5. The third-order valence-electron chi connectivity index (χ3n) is 5.16. The average Bonchev–Trinajstić information content (AvgIpc) is 2.80. The van der Waals surface area contributed by atoms with Crippen molar-refractivity contribution in [3.05, 3.63) is 130 Å². The van der Waals surface area contributed by atoms with E-state index in [0.717, 1.165) is 22.3 Å². The molecule has 0 aromatic heterocycles. The molecule has 0 saturated carbocycles. The van der Waals surface area contributed by atoms with Gasteiger partial charge in [-0.15, -0.1) is 10.2 Å². The van der Waals surface area contributed by atoms with Crippen molar-refractivity contribution in [1.82, 2.24) is 0 Å². The smallest absolute Gasteiger partial charge is 0.125 e. The number of hydrogen-bond donors (Lipinski definition) is 2. The number of nitrogens with zero attached hydrogens (tertiary/aromatic N) is 2. The van der Waals surface area contributed by atoms with E-state index in [2.05, 4.69) is 10.2 Å². The van der Waals surface area contributed by atoms with Crippen LogP contribution >= 0.6 is 0 Å². The fourth-order valence-corrected chi connectivity index (χ4v) is 3.51. The van der Waals surface area contributed by atoms with Gasteiger partial charge in [-0.3, -0.25) is 0 Å². The molecule has 0 amide bonds. The number of phenolic OH excluding ortho intramolecular Hbond substituents is 2. The van der Waals surface area contributed by atoms with E-state index in [0.29, 0.717) is 22.6 Å². The van der Waals surface area contributed by atoms with Crippen molar-refractivity contribution in [1.29, 1.82) is 0 Å². The Morgan fingerprint density at radius 2 is 0.906 bits per heavy atom. The summed E-state index contributed by atoms with van der Waals surface area (Å²) in [6.07, 6.45) is 0. The number of aromatic hydroxyl groups is 2. The van der Waals surface area contributed by atoms with Crippen molar-refractivity contribution in [3.63, 3.8) is 0 Å². The normalized spacial score (nSPS) is 12.1. The monoisotopic (exact) mass is 420 g/mol. The van der Waals surface area contributed by atoms with E-state index in [1.165, 1.54) is 0 Å². The quantitative estimate of drug-likeness (QED) is 0.307. The van der Waals surface area contributed by atoms with Gasteiger partial charge < -0.3 is 10.2 Å². The molecule has 4 aromatic rings. The van der Waals surface area contributed by atoms with Gasteiger partial charge in [-0.1, -0.05) is 72.8 Å². The van der Waals surface area contributed by atoms with Crippen LogP contribution in [0, 0.1) is 13.8 Å². The maximum Gasteiger partial charge on any atom is 0.125 e. The molecule has 0 saturated heterocycles. The minimum atomic E-state index is 0.141. The summed E-state index contributed by atoms with van der Waals surface area (Å²) in [5, 5.41) is 30.5. The summed E-state index contributed by atoms with van der Waals surface area (Å²) in [5.74, 6) is 0.282. The number of benzene rings is 4. The standard InChI is InChI=1S/C28H24N2O2/c1-19-13-15-23(25(31)17-19)27(21-9-5-3-6-10-21)29-30-28(22-11-7-4-8-12-22)24-16-14-20(2)18-26(24)32/h3-18,31-32H,1-2H3. The molecule has 32 heavy (non-hydrogen) atoms. The Hall–Kier alpha value is -4.18. The molecule has 0 unspecified atom stereocenters. The van der Waals surface area contributed by atoms with Crippen LogP contribution in [0.15, 0.2) is 107 Å². The lowest BCUT2D eigenvalue weighted by Gasteiger charge is -2.11. The molecule has 0 fully saturated rings. The van der Waals surface area contributed by atoms with Gasteiger partial charge in [0.15, 0.2) is 0 Å². The van der Waals surface area contributed by atoms with Crippen LogP contribution in [0.4, 0.5) is 0 Å². The van der Waals surface area contributed by atoms with E-state index in [1.54, 1.807) is 12.1 Å². The van der Waals surface area contributed by atoms with Gasteiger partial charge in [0, 0.05) is 22.3 Å². The zero-order valence-corrected chi connectivity index (χ0v) is 18.0. The van der Waals surface area contributed by atoms with Gasteiger partial charge in [-0.05, 0) is 49.2 Å². The summed E-state index contributed by atoms with van der Waals surface area (Å²) < 4.78 is 0. The molecule has 0 heterocycles. The molecule has 4 rings (SSSR count). The van der Waals surface area contributed by atoms with Gasteiger partial charge in [-0.2, -0.15) is 0 Å². The molecule has 0 atom stereocenters. The summed E-state index contributed by atoms with van der Waals surface area (Å²) in [6, 6.07) is 30.2. The molecule has 0 aliphatic carbocycles. The number of rotatable bonds is 5. The first-order valence-electron chi connectivity index (χ1n) is 10.4. The molecule has 0 spiro atoms. The topological polar surface area (TPSA) is 65.2 Å². The zero-order chi connectivity index (χ0) is 22.5. The predicted molar refractivity (Wildman–Crippen MR) is 130 cm³/mol. The van der Waals surface area contributed by atoms with Gasteiger partial charge in [-0.25, -0.2) is 0 Å². The molecule has 0 radical (unpaired) electrons. The van der Waals surface area contributed by atoms with Crippen LogP contribution < -0.4 is 0 Å². The lowest BCUT2D eigenvalue weighted by Crippen LogP contribution is -2.07. The van der Waals surface area contributed by atoms with Crippen molar-refractivity contribution in [3.8, 4) is 11.5 Å². The molecule has 4 aromatic carbocycles. The molecule has 4 nitrogen and oxygen atoms in total. The van der Waals surface area contributed by atoms with E-state index >= 15 is 0 Å². The molecule has 2 N–H and O–H groups in total. The van der Waals surface area contributed by atoms with Crippen LogP contribution in [-0.2, 0) is 0 Å². The van der Waals surface area contributed by atoms with Crippen LogP contribution in [0.3, 0.4) is 0 Å². The number of hydrogen-bond acceptors (Lipinski definition) is 4. The van der Waals surface area contributed by atoms with Crippen LogP contribution in [0.5, 0.6) is 11.5 Å². The van der Waals surface area contributed by atoms with Gasteiger partial charge in [0.1, 0.15) is 22.9 Å². The van der Waals surface area contributed by atoms with Crippen LogP contribution in [0.2, 0.25) is 0 Å². The molecular weight excluding hydrogens is 396 g/mol. The molecule has 0 bridgehead atoms. The number of phenols is 2. The van der Waals surface area contributed by atoms with E-state index < -0.39 is 0 Å². The Morgan fingerprint density at radius 3 is 1.25 bits per heavy atom. The van der Waals surface area contributed by atoms with Crippen molar-refractivity contribution >= 4 is 11.4 Å². The van der Waals surface area contributed by atoms with Gasteiger partial charge in [0.25, 0.3) is 0 Å². The molecular formula is C28H24N2O2. The van der Waals surface area contributed by atoms with Crippen molar-refractivity contribution in [2.45, 2.75) is 13.8 Å². The lowest BCUT2D eigenvalue weighted by molar-refractivity contribution is 0.473. The number of aryl methyl sites for hydroxylation is 2. The minimum absolute atomic E-state index is 0.141. The highest BCUT2D eigenvalue weighted by molar-refractivity contribution is 6.17. The third kappa shape index (κ3) is 4.60. The van der Waals surface area contributed by atoms with E-state index in [1.807, 2.05) is 98.8 Å². The second-order valence-corrected chi connectivity index (χ2v) is 7.67. The van der Waals surface area contributed by atoms with E-state index in [-0.39, 0.29) is 11.5 Å². The van der Waals surface area contributed by atoms with Crippen LogP contribution in [-0.4, -0.2) is 21.6 Å². The van der Waals surface area contributed by atoms with Crippen molar-refractivity contribution < 1.29 is 10.2 Å². The van der Waals surface area contributed by atoms with Crippen molar-refractivity contribution in [2.75, 3.05) is 0 Å². The second-order valence-electron chi connectivity index (χ2n) is 7.67. The Balaban J connectivity index is 1.94. The van der Waals surface area contributed by atoms with E-state index in [9.17, 15) is 10.2 Å². The summed E-state index contributed by atoms with van der Waals surface area (Å²) >= 11 is 0. The maximum absolute atomic E-state index is 10.6. The van der Waals surface area contributed by atoms with Gasteiger partial charge in [0.05, 0.1) is 0 Å². The molecule has 4 heteroatoms. The first-order valence-corrected chi connectivity index (χ1v) is 10.4. The zero-order valence-electron chi connectivity index (χ0n) is 18.0. The molecule has 158 valence electrons. The Kier molecular flexibility index (Phi) is 6.13. The highest BCUT2D eigenvalue weighted by Gasteiger charge is 2.15. The van der Waals surface area contributed by atoms with Crippen LogP contribution in [0.1, 0.15) is 33.4 Å². The van der Waals surface area contributed by atoms with Gasteiger partial charge >= 0.3 is 0 Å². The minimum Gasteiger partial charge on any atom is -0.507 e. The molecule has 0 aliphatic rings. The summed E-state index contributed by atoms with van der Waals surface area (Å²) in [5.41, 5.74) is 5.84.